The van der Waals surface area contributed by atoms with Crippen LogP contribution in [0.5, 0.6) is 0 Å². The molecule has 1 aromatic heterocycles. The summed E-state index contributed by atoms with van der Waals surface area (Å²) in [7, 11) is 1.38. The molecule has 0 amide bonds. The van der Waals surface area contributed by atoms with Crippen molar-refractivity contribution in [1.82, 2.24) is 9.99 Å². The summed E-state index contributed by atoms with van der Waals surface area (Å²) < 4.78 is 6.73. The highest BCUT2D eigenvalue weighted by Gasteiger charge is 2.14. The minimum absolute atomic E-state index is 0.152. The number of fused-ring (bicyclic) bond motifs is 1. The second-order valence-corrected chi connectivity index (χ2v) is 6.79. The molecule has 0 bridgehead atoms. The number of benzene rings is 2. The summed E-state index contributed by atoms with van der Waals surface area (Å²) in [6, 6.07) is 13.3. The Hall–Kier alpha value is -2.50. The number of hydrogen-bond acceptors (Lipinski definition) is 4. The van der Waals surface area contributed by atoms with Gasteiger partial charge in [-0.05, 0) is 25.1 Å². The van der Waals surface area contributed by atoms with Crippen molar-refractivity contribution >= 4 is 46.3 Å². The molecule has 140 valence electrons. The van der Waals surface area contributed by atoms with Gasteiger partial charge in [0.15, 0.2) is 0 Å². The molecule has 0 fully saturated rings. The van der Waals surface area contributed by atoms with Crippen molar-refractivity contribution < 1.29 is 9.53 Å². The number of nitrogens with one attached hydrogen (secondary N) is 1. The maximum absolute atomic E-state index is 11.8. The molecule has 0 radical (unpaired) electrons. The highest BCUT2D eigenvalue weighted by molar-refractivity contribution is 6.35. The second kappa shape index (κ2) is 8.46. The zero-order chi connectivity index (χ0) is 19.4. The number of para-hydroxylation sites is 1. The zero-order valence-corrected chi connectivity index (χ0v) is 16.5. The van der Waals surface area contributed by atoms with Crippen LogP contribution in [0.3, 0.4) is 0 Å². The lowest BCUT2D eigenvalue weighted by Gasteiger charge is -2.07. The van der Waals surface area contributed by atoms with Gasteiger partial charge in [0.1, 0.15) is 6.54 Å². The van der Waals surface area contributed by atoms with Gasteiger partial charge in [-0.25, -0.2) is 0 Å². The fourth-order valence-corrected chi connectivity index (χ4v) is 3.49. The van der Waals surface area contributed by atoms with E-state index in [1.807, 2.05) is 35.8 Å². The standard InChI is InChI=1S/C20H19Cl2N3O2/c1-13-15(10-23-24-11-16-17(21)7-5-8-18(16)22)14-6-3-4-9-19(14)25(13)12-20(26)27-2/h3-10,24H,11-12H2,1-2H3/b23-10-. The lowest BCUT2D eigenvalue weighted by molar-refractivity contribution is -0.141. The van der Waals surface area contributed by atoms with E-state index in [-0.39, 0.29) is 12.5 Å². The van der Waals surface area contributed by atoms with E-state index < -0.39 is 0 Å². The van der Waals surface area contributed by atoms with E-state index in [0.29, 0.717) is 16.6 Å². The normalized spacial score (nSPS) is 11.3. The van der Waals surface area contributed by atoms with Gasteiger partial charge < -0.3 is 14.7 Å². The number of nitrogens with zero attached hydrogens (tertiary/aromatic N) is 2. The minimum atomic E-state index is -0.297. The van der Waals surface area contributed by atoms with E-state index in [4.69, 9.17) is 27.9 Å². The monoisotopic (exact) mass is 403 g/mol. The van der Waals surface area contributed by atoms with Crippen LogP contribution in [0.1, 0.15) is 16.8 Å². The molecular formula is C20H19Cl2N3O2. The van der Waals surface area contributed by atoms with Crippen LogP contribution < -0.4 is 5.43 Å². The number of ether oxygens (including phenoxy) is 1. The lowest BCUT2D eigenvalue weighted by Crippen LogP contribution is -2.12. The van der Waals surface area contributed by atoms with Crippen molar-refractivity contribution in [2.24, 2.45) is 5.10 Å². The molecule has 5 nitrogen and oxygen atoms in total. The zero-order valence-electron chi connectivity index (χ0n) is 15.0. The summed E-state index contributed by atoms with van der Waals surface area (Å²) in [4.78, 5) is 11.8. The number of halogens is 2. The Bertz CT molecular complexity index is 992. The van der Waals surface area contributed by atoms with Crippen LogP contribution in [0.4, 0.5) is 0 Å². The first-order valence-electron chi connectivity index (χ1n) is 8.36. The summed E-state index contributed by atoms with van der Waals surface area (Å²) >= 11 is 12.3. The maximum Gasteiger partial charge on any atom is 0.325 e. The molecule has 27 heavy (non-hydrogen) atoms. The van der Waals surface area contributed by atoms with Crippen molar-refractivity contribution in [2.75, 3.05) is 7.11 Å². The fourth-order valence-electron chi connectivity index (χ4n) is 2.95. The molecule has 3 rings (SSSR count). The number of hydrogen-bond donors (Lipinski definition) is 1. The topological polar surface area (TPSA) is 55.6 Å². The predicted octanol–water partition coefficient (Wildman–Crippen LogP) is 4.55. The SMILES string of the molecule is COC(=O)Cn1c(C)c(/C=N\NCc2c(Cl)cccc2Cl)c2ccccc21. The van der Waals surface area contributed by atoms with Crippen LogP contribution in [-0.2, 0) is 22.6 Å². The first-order valence-corrected chi connectivity index (χ1v) is 9.12. The summed E-state index contributed by atoms with van der Waals surface area (Å²) in [5, 5.41) is 6.52. The largest absolute Gasteiger partial charge is 0.468 e. The van der Waals surface area contributed by atoms with E-state index in [2.05, 4.69) is 10.5 Å². The van der Waals surface area contributed by atoms with Crippen LogP contribution in [0.2, 0.25) is 10.0 Å². The number of aromatic nitrogens is 1. The van der Waals surface area contributed by atoms with Crippen molar-refractivity contribution in [3.05, 3.63) is 69.3 Å². The average Bonchev–Trinajstić information content (AvgIpc) is 2.92. The van der Waals surface area contributed by atoms with Crippen molar-refractivity contribution in [3.63, 3.8) is 0 Å². The van der Waals surface area contributed by atoms with Crippen molar-refractivity contribution in [1.29, 1.82) is 0 Å². The average molecular weight is 404 g/mol. The molecule has 7 heteroatoms. The minimum Gasteiger partial charge on any atom is -0.468 e. The first kappa shape index (κ1) is 19.3. The molecule has 0 spiro atoms. The van der Waals surface area contributed by atoms with Gasteiger partial charge >= 0.3 is 5.97 Å². The molecule has 0 aliphatic rings. The molecule has 0 saturated carbocycles. The van der Waals surface area contributed by atoms with Crippen molar-refractivity contribution in [3.8, 4) is 0 Å². The Balaban J connectivity index is 1.85. The predicted molar refractivity (Wildman–Crippen MR) is 110 cm³/mol. The molecule has 0 unspecified atom stereocenters. The molecule has 0 aliphatic carbocycles. The third-order valence-corrected chi connectivity index (χ3v) is 5.11. The highest BCUT2D eigenvalue weighted by atomic mass is 35.5. The Morgan fingerprint density at radius 1 is 1.19 bits per heavy atom. The van der Waals surface area contributed by atoms with Crippen LogP contribution in [0.25, 0.3) is 10.9 Å². The molecule has 0 atom stereocenters. The number of carbonyl (C=O) groups is 1. The van der Waals surface area contributed by atoms with Gasteiger partial charge in [-0.3, -0.25) is 4.79 Å². The van der Waals surface area contributed by atoms with Gasteiger partial charge in [0, 0.05) is 37.8 Å². The van der Waals surface area contributed by atoms with Gasteiger partial charge in [-0.1, -0.05) is 47.5 Å². The summed E-state index contributed by atoms with van der Waals surface area (Å²) in [6.07, 6.45) is 1.75. The van der Waals surface area contributed by atoms with Gasteiger partial charge in [-0.2, -0.15) is 5.10 Å². The number of hydrazone groups is 1. The molecular weight excluding hydrogens is 385 g/mol. The quantitative estimate of drug-likeness (QED) is 0.373. The van der Waals surface area contributed by atoms with Crippen LogP contribution in [-0.4, -0.2) is 23.9 Å². The third kappa shape index (κ3) is 4.10. The van der Waals surface area contributed by atoms with Gasteiger partial charge in [-0.15, -0.1) is 0 Å². The molecule has 3 aromatic rings. The summed E-state index contributed by atoms with van der Waals surface area (Å²) in [5.74, 6) is -0.297. The lowest BCUT2D eigenvalue weighted by atomic mass is 10.1. The Morgan fingerprint density at radius 2 is 1.89 bits per heavy atom. The fraction of sp³-hybridized carbons (Fsp3) is 0.200. The highest BCUT2D eigenvalue weighted by Crippen LogP contribution is 2.25. The van der Waals surface area contributed by atoms with Gasteiger partial charge in [0.25, 0.3) is 0 Å². The van der Waals surface area contributed by atoms with Crippen molar-refractivity contribution in [2.45, 2.75) is 20.0 Å². The molecule has 2 aromatic carbocycles. The molecule has 1 heterocycles. The Kier molecular flexibility index (Phi) is 6.04. The smallest absolute Gasteiger partial charge is 0.325 e. The van der Waals surface area contributed by atoms with Gasteiger partial charge in [0.05, 0.1) is 19.9 Å². The van der Waals surface area contributed by atoms with E-state index in [9.17, 15) is 4.79 Å². The summed E-state index contributed by atoms with van der Waals surface area (Å²) in [5.41, 5.74) is 6.60. The number of esters is 1. The Labute approximate surface area is 167 Å². The molecule has 1 N–H and O–H groups in total. The summed E-state index contributed by atoms with van der Waals surface area (Å²) in [6.45, 7) is 2.52. The van der Waals surface area contributed by atoms with E-state index in [0.717, 1.165) is 27.7 Å². The van der Waals surface area contributed by atoms with E-state index in [1.54, 1.807) is 24.4 Å². The van der Waals surface area contributed by atoms with Gasteiger partial charge in [0.2, 0.25) is 0 Å². The number of methoxy groups -OCH3 is 1. The van der Waals surface area contributed by atoms with E-state index in [1.165, 1.54) is 7.11 Å². The number of carbonyl (C=O) groups excluding carboxylic acids is 1. The Morgan fingerprint density at radius 3 is 2.59 bits per heavy atom. The van der Waals surface area contributed by atoms with Crippen LogP contribution in [0, 0.1) is 6.92 Å². The molecule has 0 saturated heterocycles. The number of rotatable bonds is 6. The van der Waals surface area contributed by atoms with E-state index >= 15 is 0 Å². The van der Waals surface area contributed by atoms with Crippen LogP contribution >= 0.6 is 23.2 Å². The maximum atomic E-state index is 11.8. The first-order chi connectivity index (χ1) is 13.0. The van der Waals surface area contributed by atoms with Crippen LogP contribution in [0.15, 0.2) is 47.6 Å². The second-order valence-electron chi connectivity index (χ2n) is 5.97. The molecule has 0 aliphatic heterocycles. The third-order valence-electron chi connectivity index (χ3n) is 4.40.